The normalized spacial score (nSPS) is 10.7. The first-order valence-corrected chi connectivity index (χ1v) is 9.91. The van der Waals surface area contributed by atoms with Gasteiger partial charge in [0.1, 0.15) is 13.8 Å². The van der Waals surface area contributed by atoms with Gasteiger partial charge < -0.3 is 9.72 Å². The number of carbonyl (C=O) groups is 1. The number of hydrogen-bond donors (Lipinski definition) is 1. The van der Waals surface area contributed by atoms with E-state index in [9.17, 15) is 4.79 Å². The molecule has 0 atom stereocenters. The maximum atomic E-state index is 11.6. The molecular weight excluding hydrogens is 268 g/mol. The molecule has 0 aliphatic rings. The Labute approximate surface area is 120 Å². The van der Waals surface area contributed by atoms with Crippen LogP contribution in [0, 0.1) is 12.8 Å². The summed E-state index contributed by atoms with van der Waals surface area (Å²) in [6.45, 7) is 8.93. The van der Waals surface area contributed by atoms with Gasteiger partial charge in [0.05, 0.1) is 18.3 Å². The summed E-state index contributed by atoms with van der Waals surface area (Å²) in [5, 5.41) is 2.16. The molecule has 106 valence electrons. The Kier molecular flexibility index (Phi) is 5.11. The highest BCUT2D eigenvalue weighted by atomic mass is 28.3. The SMILES string of the molecule is C#C.CCOC(=O)c1cc2cc([Si](C)(C)C)ncc2[nH]1. The lowest BCUT2D eigenvalue weighted by atomic mass is 10.3. The van der Waals surface area contributed by atoms with E-state index < -0.39 is 8.07 Å². The Morgan fingerprint density at radius 3 is 2.55 bits per heavy atom. The minimum atomic E-state index is -1.42. The molecule has 0 amide bonds. The number of nitrogens with zero attached hydrogens (tertiary/aromatic N) is 1. The molecule has 5 heteroatoms. The molecule has 1 N–H and O–H groups in total. The van der Waals surface area contributed by atoms with Crippen molar-refractivity contribution in [1.29, 1.82) is 0 Å². The van der Waals surface area contributed by atoms with Gasteiger partial charge in [-0.3, -0.25) is 4.98 Å². The largest absolute Gasteiger partial charge is 0.461 e. The van der Waals surface area contributed by atoms with Crippen LogP contribution >= 0.6 is 0 Å². The van der Waals surface area contributed by atoms with Gasteiger partial charge in [-0.1, -0.05) is 19.6 Å². The molecule has 0 aliphatic heterocycles. The van der Waals surface area contributed by atoms with Crippen LogP contribution in [0.25, 0.3) is 10.9 Å². The molecule has 2 heterocycles. The number of terminal acetylenes is 1. The molecular formula is C15H20N2O2Si. The summed E-state index contributed by atoms with van der Waals surface area (Å²) < 4.78 is 4.97. The first-order chi connectivity index (χ1) is 9.41. The minimum Gasteiger partial charge on any atom is -0.461 e. The number of ether oxygens (including phenoxy) is 1. The first-order valence-electron chi connectivity index (χ1n) is 6.41. The van der Waals surface area contributed by atoms with E-state index in [-0.39, 0.29) is 5.97 Å². The van der Waals surface area contributed by atoms with Crippen LogP contribution in [0.15, 0.2) is 18.3 Å². The standard InChI is InChI=1S/C13H18N2O2Si.C2H2/c1-5-17-13(16)10-6-9-7-12(18(2,3)4)14-8-11(9)15-10;1-2/h6-8,15H,5H2,1-4H3;1-2H. The van der Waals surface area contributed by atoms with Crippen molar-refractivity contribution in [3.63, 3.8) is 0 Å². The number of aromatic nitrogens is 2. The van der Waals surface area contributed by atoms with Crippen molar-refractivity contribution in [2.45, 2.75) is 26.6 Å². The lowest BCUT2D eigenvalue weighted by Crippen LogP contribution is -2.39. The van der Waals surface area contributed by atoms with E-state index in [1.165, 1.54) is 0 Å². The van der Waals surface area contributed by atoms with Crippen LogP contribution in [-0.2, 0) is 4.74 Å². The molecule has 20 heavy (non-hydrogen) atoms. The van der Waals surface area contributed by atoms with Gasteiger partial charge in [-0.2, -0.15) is 0 Å². The lowest BCUT2D eigenvalue weighted by molar-refractivity contribution is 0.0520. The summed E-state index contributed by atoms with van der Waals surface area (Å²) in [5.74, 6) is -0.316. The quantitative estimate of drug-likeness (QED) is 0.536. The summed E-state index contributed by atoms with van der Waals surface area (Å²) in [6, 6.07) is 3.90. The average Bonchev–Trinajstić information content (AvgIpc) is 2.83. The van der Waals surface area contributed by atoms with Gasteiger partial charge in [0.15, 0.2) is 0 Å². The van der Waals surface area contributed by atoms with Gasteiger partial charge in [0, 0.05) is 10.7 Å². The third-order valence-electron chi connectivity index (χ3n) is 2.77. The number of fused-ring (bicyclic) bond motifs is 1. The van der Waals surface area contributed by atoms with Crippen molar-refractivity contribution in [3.8, 4) is 12.8 Å². The summed E-state index contributed by atoms with van der Waals surface area (Å²) in [6.07, 6.45) is 9.80. The zero-order valence-electron chi connectivity index (χ0n) is 12.4. The summed E-state index contributed by atoms with van der Waals surface area (Å²) in [4.78, 5) is 19.1. The summed E-state index contributed by atoms with van der Waals surface area (Å²) >= 11 is 0. The molecule has 0 saturated carbocycles. The van der Waals surface area contributed by atoms with Crippen LogP contribution in [0.2, 0.25) is 19.6 Å². The number of nitrogens with one attached hydrogen (secondary N) is 1. The van der Waals surface area contributed by atoms with Crippen LogP contribution in [0.1, 0.15) is 17.4 Å². The van der Waals surface area contributed by atoms with Crippen molar-refractivity contribution in [1.82, 2.24) is 9.97 Å². The zero-order chi connectivity index (χ0) is 15.3. The Morgan fingerprint density at radius 2 is 2.00 bits per heavy atom. The smallest absolute Gasteiger partial charge is 0.354 e. The third kappa shape index (κ3) is 3.49. The Hall–Kier alpha value is -2.06. The van der Waals surface area contributed by atoms with E-state index >= 15 is 0 Å². The predicted octanol–water partition coefficient (Wildman–Crippen LogP) is 2.53. The number of pyridine rings is 1. The second-order valence-corrected chi connectivity index (χ2v) is 10.3. The predicted molar refractivity (Wildman–Crippen MR) is 84.9 cm³/mol. The van der Waals surface area contributed by atoms with Gasteiger partial charge in [0.25, 0.3) is 0 Å². The van der Waals surface area contributed by atoms with Crippen LogP contribution in [0.5, 0.6) is 0 Å². The van der Waals surface area contributed by atoms with E-state index in [4.69, 9.17) is 4.74 Å². The second kappa shape index (κ2) is 6.39. The van der Waals surface area contributed by atoms with Crippen molar-refractivity contribution < 1.29 is 9.53 Å². The first kappa shape index (κ1) is 16.0. The highest BCUT2D eigenvalue weighted by molar-refractivity contribution is 6.88. The van der Waals surface area contributed by atoms with Crippen molar-refractivity contribution in [2.24, 2.45) is 0 Å². The van der Waals surface area contributed by atoms with Crippen molar-refractivity contribution in [2.75, 3.05) is 6.61 Å². The van der Waals surface area contributed by atoms with E-state index in [1.807, 2.05) is 6.07 Å². The maximum Gasteiger partial charge on any atom is 0.354 e. The second-order valence-electron chi connectivity index (χ2n) is 5.31. The number of carbonyl (C=O) groups excluding carboxylic acids is 1. The highest BCUT2D eigenvalue weighted by Gasteiger charge is 2.19. The Bertz CT molecular complexity index is 624. The molecule has 2 rings (SSSR count). The van der Waals surface area contributed by atoms with Gasteiger partial charge in [-0.05, 0) is 19.1 Å². The monoisotopic (exact) mass is 288 g/mol. The lowest BCUT2D eigenvalue weighted by Gasteiger charge is -2.14. The molecule has 0 bridgehead atoms. The fourth-order valence-electron chi connectivity index (χ4n) is 1.76. The third-order valence-corrected chi connectivity index (χ3v) is 4.58. The van der Waals surface area contributed by atoms with Gasteiger partial charge in [-0.25, -0.2) is 4.79 Å². The molecule has 2 aromatic heterocycles. The average molecular weight is 288 g/mol. The van der Waals surface area contributed by atoms with Crippen molar-refractivity contribution >= 4 is 30.3 Å². The van der Waals surface area contributed by atoms with E-state index in [0.29, 0.717) is 12.3 Å². The van der Waals surface area contributed by atoms with Crippen LogP contribution in [0.4, 0.5) is 0 Å². The highest BCUT2D eigenvalue weighted by Crippen LogP contribution is 2.15. The Morgan fingerprint density at radius 1 is 1.35 bits per heavy atom. The van der Waals surface area contributed by atoms with Crippen LogP contribution in [0.3, 0.4) is 0 Å². The molecule has 0 radical (unpaired) electrons. The van der Waals surface area contributed by atoms with Crippen LogP contribution < -0.4 is 5.32 Å². The fraction of sp³-hybridized carbons (Fsp3) is 0.333. The molecule has 0 aliphatic carbocycles. The summed E-state index contributed by atoms with van der Waals surface area (Å²) in [5.41, 5.74) is 1.36. The molecule has 0 spiro atoms. The molecule has 0 fully saturated rings. The Balaban J connectivity index is 0.000000956. The van der Waals surface area contributed by atoms with E-state index in [1.54, 1.807) is 13.1 Å². The van der Waals surface area contributed by atoms with Gasteiger partial charge >= 0.3 is 5.97 Å². The minimum absolute atomic E-state index is 0.316. The maximum absolute atomic E-state index is 11.6. The van der Waals surface area contributed by atoms with Gasteiger partial charge in [-0.15, -0.1) is 12.8 Å². The van der Waals surface area contributed by atoms with Crippen molar-refractivity contribution in [3.05, 3.63) is 24.0 Å². The summed E-state index contributed by atoms with van der Waals surface area (Å²) in [7, 11) is -1.42. The molecule has 2 aromatic rings. The topological polar surface area (TPSA) is 55.0 Å². The molecule has 0 aromatic carbocycles. The van der Waals surface area contributed by atoms with Crippen LogP contribution in [-0.4, -0.2) is 30.6 Å². The van der Waals surface area contributed by atoms with E-state index in [0.717, 1.165) is 16.2 Å². The number of H-pyrrole nitrogens is 1. The number of hydrogen-bond acceptors (Lipinski definition) is 3. The molecule has 4 nitrogen and oxygen atoms in total. The van der Waals surface area contributed by atoms with E-state index in [2.05, 4.69) is 48.5 Å². The molecule has 0 unspecified atom stereocenters. The zero-order valence-corrected chi connectivity index (χ0v) is 13.4. The number of esters is 1. The number of rotatable bonds is 3. The molecule has 0 saturated heterocycles. The fourth-order valence-corrected chi connectivity index (χ4v) is 2.80. The van der Waals surface area contributed by atoms with Gasteiger partial charge in [0.2, 0.25) is 0 Å². The number of aromatic amines is 1.